The molecule has 3 aromatic heterocycles. The molecule has 4 aromatic rings. The maximum atomic E-state index is 12.7. The van der Waals surface area contributed by atoms with E-state index in [-0.39, 0.29) is 22.9 Å². The van der Waals surface area contributed by atoms with Gasteiger partial charge in [0.1, 0.15) is 0 Å². The van der Waals surface area contributed by atoms with Crippen LogP contribution in [0.25, 0.3) is 5.78 Å². The van der Waals surface area contributed by atoms with Crippen LogP contribution in [0.1, 0.15) is 21.5 Å². The van der Waals surface area contributed by atoms with Gasteiger partial charge in [-0.25, -0.2) is 22.4 Å². The number of fused-ring (bicyclic) bond motifs is 1. The number of aromatic nitrogens is 4. The zero-order chi connectivity index (χ0) is 19.7. The van der Waals surface area contributed by atoms with Crippen LogP contribution in [0.4, 0.5) is 0 Å². The number of benzene rings is 1. The van der Waals surface area contributed by atoms with E-state index in [1.165, 1.54) is 18.5 Å². The van der Waals surface area contributed by atoms with Gasteiger partial charge in [0.05, 0.1) is 10.5 Å². The number of nitrogens with zero attached hydrogens (tertiary/aromatic N) is 4. The minimum Gasteiger partial charge on any atom is -0.348 e. The highest BCUT2D eigenvalue weighted by atomic mass is 32.2. The zero-order valence-corrected chi connectivity index (χ0v) is 15.8. The number of aryl methyl sites for hydroxylation is 1. The highest BCUT2D eigenvalue weighted by molar-refractivity contribution is 7.90. The van der Waals surface area contributed by atoms with Gasteiger partial charge in [0.15, 0.2) is 0 Å². The van der Waals surface area contributed by atoms with Crippen LogP contribution >= 0.6 is 0 Å². The maximum absolute atomic E-state index is 12.7. The Morgan fingerprint density at radius 3 is 2.64 bits per heavy atom. The van der Waals surface area contributed by atoms with Gasteiger partial charge >= 0.3 is 0 Å². The molecule has 0 bridgehead atoms. The smallest absolute Gasteiger partial charge is 0.267 e. The van der Waals surface area contributed by atoms with Crippen molar-refractivity contribution < 1.29 is 13.2 Å². The Balaban J connectivity index is 1.48. The van der Waals surface area contributed by atoms with Crippen LogP contribution in [0.5, 0.6) is 0 Å². The summed E-state index contributed by atoms with van der Waals surface area (Å²) in [5.74, 6) is 0.206. The Hall–Kier alpha value is -3.46. The number of carbonyl (C=O) groups excluding carboxylic acids is 1. The summed E-state index contributed by atoms with van der Waals surface area (Å²) in [6.45, 7) is 2.14. The molecule has 1 N–H and O–H groups in total. The van der Waals surface area contributed by atoms with Crippen molar-refractivity contribution in [3.63, 3.8) is 0 Å². The summed E-state index contributed by atoms with van der Waals surface area (Å²) in [6.07, 6.45) is 9.54. The van der Waals surface area contributed by atoms with Gasteiger partial charge in [-0.2, -0.15) is 0 Å². The van der Waals surface area contributed by atoms with Gasteiger partial charge < -0.3 is 5.32 Å². The molecule has 0 saturated carbocycles. The Morgan fingerprint density at radius 1 is 1.07 bits per heavy atom. The van der Waals surface area contributed by atoms with Crippen molar-refractivity contribution in [1.82, 2.24) is 23.7 Å². The van der Waals surface area contributed by atoms with E-state index < -0.39 is 10.0 Å². The topological polar surface area (TPSA) is 98.4 Å². The van der Waals surface area contributed by atoms with E-state index in [2.05, 4.69) is 15.3 Å². The van der Waals surface area contributed by atoms with Crippen molar-refractivity contribution in [3.8, 4) is 0 Å². The van der Waals surface area contributed by atoms with Crippen molar-refractivity contribution in [2.75, 3.05) is 0 Å². The summed E-state index contributed by atoms with van der Waals surface area (Å²) in [7, 11) is -3.74. The molecule has 8 nitrogen and oxygen atoms in total. The van der Waals surface area contributed by atoms with Crippen molar-refractivity contribution in [3.05, 3.63) is 84.2 Å². The highest BCUT2D eigenvalue weighted by Crippen LogP contribution is 2.16. The van der Waals surface area contributed by atoms with Crippen molar-refractivity contribution in [2.45, 2.75) is 18.4 Å². The van der Waals surface area contributed by atoms with Gasteiger partial charge in [0.25, 0.3) is 15.9 Å². The lowest BCUT2D eigenvalue weighted by Gasteiger charge is -2.06. The molecule has 0 aliphatic heterocycles. The number of amides is 1. The van der Waals surface area contributed by atoms with Crippen LogP contribution in [-0.2, 0) is 16.6 Å². The quantitative estimate of drug-likeness (QED) is 0.557. The molecule has 1 amide bonds. The van der Waals surface area contributed by atoms with Gasteiger partial charge in [-0.15, -0.1) is 0 Å². The molecule has 142 valence electrons. The van der Waals surface area contributed by atoms with Gasteiger partial charge in [-0.1, -0.05) is 17.7 Å². The molecule has 0 saturated heterocycles. The van der Waals surface area contributed by atoms with E-state index in [0.29, 0.717) is 5.78 Å². The Morgan fingerprint density at radius 2 is 1.86 bits per heavy atom. The Labute approximate surface area is 161 Å². The molecule has 0 unspecified atom stereocenters. The summed E-state index contributed by atoms with van der Waals surface area (Å²) in [6, 6.07) is 8.02. The van der Waals surface area contributed by atoms with E-state index in [9.17, 15) is 13.2 Å². The Kier molecular flexibility index (Phi) is 4.44. The summed E-state index contributed by atoms with van der Waals surface area (Å²) in [4.78, 5) is 20.8. The summed E-state index contributed by atoms with van der Waals surface area (Å²) >= 11 is 0. The maximum Gasteiger partial charge on any atom is 0.267 e. The predicted molar refractivity (Wildman–Crippen MR) is 102 cm³/mol. The first-order valence-electron chi connectivity index (χ1n) is 8.49. The van der Waals surface area contributed by atoms with Gasteiger partial charge in [0, 0.05) is 49.3 Å². The number of nitrogens with one attached hydrogen (secondary N) is 1. The van der Waals surface area contributed by atoms with Crippen molar-refractivity contribution in [2.24, 2.45) is 0 Å². The summed E-state index contributed by atoms with van der Waals surface area (Å²) in [5, 5.41) is 2.76. The van der Waals surface area contributed by atoms with E-state index in [4.69, 9.17) is 0 Å². The fourth-order valence-electron chi connectivity index (χ4n) is 2.73. The van der Waals surface area contributed by atoms with E-state index >= 15 is 0 Å². The first-order valence-corrected chi connectivity index (χ1v) is 9.93. The molecule has 9 heteroatoms. The standard InChI is InChI=1S/C19H17N5O3S/c1-14-2-4-17(5-3-14)28(26,27)24-8-6-16(13-24)18(25)21-10-15-11-22-19-20-7-9-23(19)12-15/h2-9,11-13H,10H2,1H3,(H,21,25). The first-order chi connectivity index (χ1) is 13.4. The van der Waals surface area contributed by atoms with Crippen LogP contribution in [0.15, 0.2) is 72.4 Å². The van der Waals surface area contributed by atoms with Gasteiger partial charge in [-0.3, -0.25) is 9.20 Å². The first kappa shape index (κ1) is 17.9. The summed E-state index contributed by atoms with van der Waals surface area (Å²) < 4.78 is 28.2. The second kappa shape index (κ2) is 6.93. The molecular weight excluding hydrogens is 378 g/mol. The third-order valence-electron chi connectivity index (χ3n) is 4.28. The molecule has 0 fully saturated rings. The monoisotopic (exact) mass is 395 g/mol. The van der Waals surface area contributed by atoms with Gasteiger partial charge in [0.2, 0.25) is 5.78 Å². The van der Waals surface area contributed by atoms with Crippen molar-refractivity contribution in [1.29, 1.82) is 0 Å². The minimum absolute atomic E-state index is 0.167. The SMILES string of the molecule is Cc1ccc(S(=O)(=O)n2ccc(C(=O)NCc3cnc4nccn4c3)c2)cc1. The Bertz CT molecular complexity index is 1260. The second-order valence-corrected chi connectivity index (χ2v) is 8.17. The third kappa shape index (κ3) is 3.39. The van der Waals surface area contributed by atoms with Crippen LogP contribution in [0.2, 0.25) is 0 Å². The third-order valence-corrected chi connectivity index (χ3v) is 5.93. The number of carbonyl (C=O) groups is 1. The zero-order valence-electron chi connectivity index (χ0n) is 15.0. The molecule has 0 aliphatic carbocycles. The lowest BCUT2D eigenvalue weighted by molar-refractivity contribution is 0.0951. The lowest BCUT2D eigenvalue weighted by atomic mass is 10.2. The molecule has 4 rings (SSSR count). The van der Waals surface area contributed by atoms with Crippen LogP contribution in [0.3, 0.4) is 0 Å². The van der Waals surface area contributed by atoms with Crippen LogP contribution in [-0.4, -0.2) is 32.7 Å². The number of rotatable bonds is 5. The molecule has 0 radical (unpaired) electrons. The number of hydrogen-bond acceptors (Lipinski definition) is 5. The summed E-state index contributed by atoms with van der Waals surface area (Å²) in [5.41, 5.74) is 2.02. The molecule has 0 aliphatic rings. The average molecular weight is 395 g/mol. The molecular formula is C19H17N5O3S. The van der Waals surface area contributed by atoms with Crippen LogP contribution < -0.4 is 5.32 Å². The minimum atomic E-state index is -3.74. The second-order valence-electron chi connectivity index (χ2n) is 6.33. The molecule has 1 aromatic carbocycles. The molecule has 0 atom stereocenters. The number of hydrogen-bond donors (Lipinski definition) is 1. The molecule has 3 heterocycles. The normalized spacial score (nSPS) is 11.6. The molecule has 0 spiro atoms. The fourth-order valence-corrected chi connectivity index (χ4v) is 3.92. The fraction of sp³-hybridized carbons (Fsp3) is 0.105. The average Bonchev–Trinajstić information content (AvgIpc) is 3.36. The lowest BCUT2D eigenvalue weighted by Crippen LogP contribution is -2.22. The molecule has 28 heavy (non-hydrogen) atoms. The largest absolute Gasteiger partial charge is 0.348 e. The van der Waals surface area contributed by atoms with E-state index in [0.717, 1.165) is 15.1 Å². The highest BCUT2D eigenvalue weighted by Gasteiger charge is 2.18. The van der Waals surface area contributed by atoms with Crippen molar-refractivity contribution >= 4 is 21.7 Å². The van der Waals surface area contributed by atoms with E-state index in [1.807, 2.05) is 13.1 Å². The van der Waals surface area contributed by atoms with E-state index in [1.54, 1.807) is 47.3 Å². The predicted octanol–water partition coefficient (Wildman–Crippen LogP) is 2.01. The van der Waals surface area contributed by atoms with Gasteiger partial charge in [-0.05, 0) is 25.1 Å². The number of imidazole rings is 1. The van der Waals surface area contributed by atoms with Crippen LogP contribution in [0, 0.1) is 6.92 Å².